The molecule has 2 rings (SSSR count). The molecule has 0 saturated carbocycles. The molecule has 22 heavy (non-hydrogen) atoms. The largest absolute Gasteiger partial charge is 0.494 e. The summed E-state index contributed by atoms with van der Waals surface area (Å²) in [5, 5.41) is 0. The number of sulfone groups is 1. The SMILES string of the molecule is CC(=O)c1ccc(S(=O)(=O)CCCOc2ccccc2)cc1. The van der Waals surface area contributed by atoms with Gasteiger partial charge in [0.1, 0.15) is 5.75 Å². The van der Waals surface area contributed by atoms with Crippen LogP contribution in [0.2, 0.25) is 0 Å². The van der Waals surface area contributed by atoms with Gasteiger partial charge in [-0.05, 0) is 37.6 Å². The summed E-state index contributed by atoms with van der Waals surface area (Å²) in [4.78, 5) is 11.4. The summed E-state index contributed by atoms with van der Waals surface area (Å²) in [6, 6.07) is 15.3. The summed E-state index contributed by atoms with van der Waals surface area (Å²) < 4.78 is 29.8. The minimum absolute atomic E-state index is 0.0131. The third-order valence-corrected chi connectivity index (χ3v) is 5.01. The van der Waals surface area contributed by atoms with Crippen LogP contribution in [-0.2, 0) is 9.84 Å². The van der Waals surface area contributed by atoms with Gasteiger partial charge in [0.2, 0.25) is 0 Å². The van der Waals surface area contributed by atoms with E-state index in [1.807, 2.05) is 30.3 Å². The van der Waals surface area contributed by atoms with Crippen LogP contribution in [0.4, 0.5) is 0 Å². The van der Waals surface area contributed by atoms with E-state index in [-0.39, 0.29) is 16.4 Å². The van der Waals surface area contributed by atoms with Gasteiger partial charge >= 0.3 is 0 Å². The summed E-state index contributed by atoms with van der Waals surface area (Å²) in [6.07, 6.45) is 0.408. The first-order valence-corrected chi connectivity index (χ1v) is 8.66. The molecule has 5 heteroatoms. The van der Waals surface area contributed by atoms with E-state index < -0.39 is 9.84 Å². The summed E-state index contributed by atoms with van der Waals surface area (Å²) in [6.45, 7) is 1.79. The van der Waals surface area contributed by atoms with Crippen LogP contribution in [0, 0.1) is 0 Å². The molecule has 0 aliphatic carbocycles. The maximum absolute atomic E-state index is 12.2. The highest BCUT2D eigenvalue weighted by atomic mass is 32.2. The molecular weight excluding hydrogens is 300 g/mol. The van der Waals surface area contributed by atoms with Crippen molar-refractivity contribution in [3.05, 3.63) is 60.2 Å². The molecule has 0 atom stereocenters. The Morgan fingerprint density at radius 2 is 1.64 bits per heavy atom. The molecule has 0 aliphatic heterocycles. The van der Waals surface area contributed by atoms with Gasteiger partial charge in [-0.1, -0.05) is 30.3 Å². The van der Waals surface area contributed by atoms with Crippen molar-refractivity contribution in [1.82, 2.24) is 0 Å². The van der Waals surface area contributed by atoms with E-state index >= 15 is 0 Å². The van der Waals surface area contributed by atoms with Crippen molar-refractivity contribution in [2.24, 2.45) is 0 Å². The standard InChI is InChI=1S/C17H18O4S/c1-14(18)15-8-10-17(11-9-15)22(19,20)13-5-12-21-16-6-3-2-4-7-16/h2-4,6-11H,5,12-13H2,1H3. The van der Waals surface area contributed by atoms with Gasteiger partial charge in [0, 0.05) is 5.56 Å². The highest BCUT2D eigenvalue weighted by Gasteiger charge is 2.14. The molecular formula is C17H18O4S. The third kappa shape index (κ3) is 4.43. The Labute approximate surface area is 130 Å². The fourth-order valence-corrected chi connectivity index (χ4v) is 3.25. The quantitative estimate of drug-likeness (QED) is 0.581. The molecule has 116 valence electrons. The number of hydrogen-bond donors (Lipinski definition) is 0. The van der Waals surface area contributed by atoms with Gasteiger partial charge in [-0.25, -0.2) is 8.42 Å². The number of rotatable bonds is 7. The second-order valence-corrected chi connectivity index (χ2v) is 7.02. The Bertz CT molecular complexity index is 719. The molecule has 0 saturated heterocycles. The number of carbonyl (C=O) groups is 1. The van der Waals surface area contributed by atoms with Gasteiger partial charge in [-0.2, -0.15) is 0 Å². The molecule has 0 unspecified atom stereocenters. The minimum atomic E-state index is -3.35. The highest BCUT2D eigenvalue weighted by Crippen LogP contribution is 2.14. The molecule has 0 aliphatic rings. The Hall–Kier alpha value is -2.14. The first-order chi connectivity index (χ1) is 10.5. The molecule has 0 fully saturated rings. The fourth-order valence-electron chi connectivity index (χ4n) is 1.97. The van der Waals surface area contributed by atoms with Gasteiger partial charge in [0.15, 0.2) is 15.6 Å². The molecule has 0 N–H and O–H groups in total. The topological polar surface area (TPSA) is 60.4 Å². The third-order valence-electron chi connectivity index (χ3n) is 3.19. The normalized spacial score (nSPS) is 11.1. The maximum Gasteiger partial charge on any atom is 0.178 e. The van der Waals surface area contributed by atoms with Gasteiger partial charge in [-0.15, -0.1) is 0 Å². The Morgan fingerprint density at radius 3 is 2.23 bits per heavy atom. The second kappa shape index (κ2) is 7.22. The van der Waals surface area contributed by atoms with Crippen LogP contribution in [0.15, 0.2) is 59.5 Å². The van der Waals surface area contributed by atoms with Crippen LogP contribution in [0.5, 0.6) is 5.75 Å². The summed E-state index contributed by atoms with van der Waals surface area (Å²) >= 11 is 0. The Morgan fingerprint density at radius 1 is 1.00 bits per heavy atom. The van der Waals surface area contributed by atoms with E-state index in [2.05, 4.69) is 0 Å². The van der Waals surface area contributed by atoms with Crippen LogP contribution in [-0.4, -0.2) is 26.6 Å². The number of benzene rings is 2. The highest BCUT2D eigenvalue weighted by molar-refractivity contribution is 7.91. The molecule has 2 aromatic rings. The molecule has 0 radical (unpaired) electrons. The van der Waals surface area contributed by atoms with Gasteiger partial charge in [0.05, 0.1) is 17.3 Å². The lowest BCUT2D eigenvalue weighted by Gasteiger charge is -2.07. The van der Waals surface area contributed by atoms with Crippen LogP contribution in [0.1, 0.15) is 23.7 Å². The number of hydrogen-bond acceptors (Lipinski definition) is 4. The van der Waals surface area contributed by atoms with Gasteiger partial charge in [0.25, 0.3) is 0 Å². The van der Waals surface area contributed by atoms with Crippen LogP contribution in [0.25, 0.3) is 0 Å². The molecule has 0 bridgehead atoms. The van der Waals surface area contributed by atoms with Crippen molar-refractivity contribution in [2.45, 2.75) is 18.2 Å². The summed E-state index contributed by atoms with van der Waals surface area (Å²) in [7, 11) is -3.35. The molecule has 0 spiro atoms. The van der Waals surface area contributed by atoms with Crippen molar-refractivity contribution in [3.63, 3.8) is 0 Å². The average molecular weight is 318 g/mol. The van der Waals surface area contributed by atoms with E-state index in [9.17, 15) is 13.2 Å². The first kappa shape index (κ1) is 16.2. The maximum atomic E-state index is 12.2. The van der Waals surface area contributed by atoms with Crippen molar-refractivity contribution < 1.29 is 17.9 Å². The summed E-state index contributed by atoms with van der Waals surface area (Å²) in [5.41, 5.74) is 0.506. The van der Waals surface area contributed by atoms with E-state index in [0.717, 1.165) is 5.75 Å². The van der Waals surface area contributed by atoms with Crippen LogP contribution < -0.4 is 4.74 Å². The smallest absolute Gasteiger partial charge is 0.178 e. The lowest BCUT2D eigenvalue weighted by molar-refractivity contribution is 0.101. The van der Waals surface area contributed by atoms with Crippen molar-refractivity contribution in [2.75, 3.05) is 12.4 Å². The molecule has 0 amide bonds. The van der Waals surface area contributed by atoms with E-state index in [1.54, 1.807) is 0 Å². The zero-order valence-corrected chi connectivity index (χ0v) is 13.2. The van der Waals surface area contributed by atoms with E-state index in [0.29, 0.717) is 18.6 Å². The zero-order valence-electron chi connectivity index (χ0n) is 12.4. The molecule has 2 aromatic carbocycles. The average Bonchev–Trinajstić information content (AvgIpc) is 2.53. The molecule has 4 nitrogen and oxygen atoms in total. The van der Waals surface area contributed by atoms with Crippen LogP contribution >= 0.6 is 0 Å². The predicted octanol–water partition coefficient (Wildman–Crippen LogP) is 3.13. The molecule has 0 heterocycles. The molecule has 0 aromatic heterocycles. The number of para-hydroxylation sites is 1. The summed E-state index contributed by atoms with van der Waals surface area (Å²) in [5.74, 6) is 0.658. The lowest BCUT2D eigenvalue weighted by atomic mass is 10.2. The fraction of sp³-hybridized carbons (Fsp3) is 0.235. The number of carbonyl (C=O) groups excluding carboxylic acids is 1. The minimum Gasteiger partial charge on any atom is -0.494 e. The first-order valence-electron chi connectivity index (χ1n) is 7.01. The number of ether oxygens (including phenoxy) is 1. The number of ketones is 1. The van der Waals surface area contributed by atoms with Crippen molar-refractivity contribution in [3.8, 4) is 5.75 Å². The van der Waals surface area contributed by atoms with Gasteiger partial charge < -0.3 is 4.74 Å². The zero-order chi connectivity index (χ0) is 16.0. The van der Waals surface area contributed by atoms with Crippen molar-refractivity contribution >= 4 is 15.6 Å². The monoisotopic (exact) mass is 318 g/mol. The van der Waals surface area contributed by atoms with Crippen LogP contribution in [0.3, 0.4) is 0 Å². The Balaban J connectivity index is 1.89. The Kier molecular flexibility index (Phi) is 5.33. The van der Waals surface area contributed by atoms with E-state index in [1.165, 1.54) is 31.2 Å². The predicted molar refractivity (Wildman–Crippen MR) is 85.1 cm³/mol. The van der Waals surface area contributed by atoms with E-state index in [4.69, 9.17) is 4.74 Å². The number of Topliss-reactive ketones (excluding diaryl/α,β-unsaturated/α-hetero) is 1. The lowest BCUT2D eigenvalue weighted by Crippen LogP contribution is -2.10. The second-order valence-electron chi connectivity index (χ2n) is 4.91. The van der Waals surface area contributed by atoms with Crippen molar-refractivity contribution in [1.29, 1.82) is 0 Å². The van der Waals surface area contributed by atoms with Gasteiger partial charge in [-0.3, -0.25) is 4.79 Å².